The van der Waals surface area contributed by atoms with Gasteiger partial charge in [-0.2, -0.15) is 4.31 Å². The third kappa shape index (κ3) is 4.37. The lowest BCUT2D eigenvalue weighted by Crippen LogP contribution is -2.43. The van der Waals surface area contributed by atoms with Gasteiger partial charge in [0.05, 0.1) is 9.82 Å². The predicted octanol–water partition coefficient (Wildman–Crippen LogP) is 2.56. The van der Waals surface area contributed by atoms with Crippen LogP contribution in [0.15, 0.2) is 53.4 Å². The summed E-state index contributed by atoms with van der Waals surface area (Å²) in [5, 5.41) is 20.7. The zero-order valence-corrected chi connectivity index (χ0v) is 15.1. The van der Waals surface area contributed by atoms with Crippen LogP contribution in [0.4, 0.5) is 5.69 Å². The minimum atomic E-state index is -4.09. The van der Waals surface area contributed by atoms with Crippen LogP contribution >= 0.6 is 11.6 Å². The number of halogens is 1. The Kier molecular flexibility index (Phi) is 5.96. The molecule has 0 spiro atoms. The first-order valence-electron chi connectivity index (χ1n) is 7.32. The standard InChI is InChI=1S/C16H15ClN2O6S/c1-18(26(24,25)14-7-5-12(17)6-8-14)15(16(20)21)10-11-3-2-4-13(9-11)19(22)23/h2-9,15H,10H2,1H3,(H,20,21). The number of carboxylic acid groups (broad SMARTS) is 1. The van der Waals surface area contributed by atoms with Crippen LogP contribution in [0.2, 0.25) is 5.02 Å². The summed E-state index contributed by atoms with van der Waals surface area (Å²) in [6.07, 6.45) is -0.222. The molecule has 0 heterocycles. The third-order valence-corrected chi connectivity index (χ3v) is 5.90. The molecule has 0 amide bonds. The van der Waals surface area contributed by atoms with E-state index in [9.17, 15) is 28.4 Å². The van der Waals surface area contributed by atoms with Gasteiger partial charge in [-0.3, -0.25) is 14.9 Å². The van der Waals surface area contributed by atoms with Crippen molar-refractivity contribution in [3.05, 3.63) is 69.2 Å². The fraction of sp³-hybridized carbons (Fsp3) is 0.188. The van der Waals surface area contributed by atoms with Gasteiger partial charge in [0.25, 0.3) is 5.69 Å². The average molecular weight is 399 g/mol. The maximum Gasteiger partial charge on any atom is 0.322 e. The van der Waals surface area contributed by atoms with E-state index in [0.29, 0.717) is 10.6 Å². The van der Waals surface area contributed by atoms with E-state index in [0.717, 1.165) is 11.4 Å². The van der Waals surface area contributed by atoms with E-state index in [1.807, 2.05) is 0 Å². The van der Waals surface area contributed by atoms with E-state index in [4.69, 9.17) is 11.6 Å². The van der Waals surface area contributed by atoms with Crippen LogP contribution in [0.5, 0.6) is 0 Å². The average Bonchev–Trinajstić information content (AvgIpc) is 2.59. The van der Waals surface area contributed by atoms with Gasteiger partial charge in [0.1, 0.15) is 6.04 Å². The summed E-state index contributed by atoms with van der Waals surface area (Å²) in [5.74, 6) is -1.36. The Labute approximate surface area is 154 Å². The number of sulfonamides is 1. The molecule has 1 unspecified atom stereocenters. The minimum absolute atomic E-state index is 0.102. The number of hydrogen-bond donors (Lipinski definition) is 1. The molecular formula is C16H15ClN2O6S. The molecule has 0 saturated heterocycles. The first-order chi connectivity index (χ1) is 12.1. The van der Waals surface area contributed by atoms with Gasteiger partial charge in [-0.1, -0.05) is 23.7 Å². The van der Waals surface area contributed by atoms with Crippen molar-refractivity contribution in [2.24, 2.45) is 0 Å². The Bertz CT molecular complexity index is 930. The van der Waals surface area contributed by atoms with Crippen LogP contribution in [-0.4, -0.2) is 41.8 Å². The molecule has 8 nitrogen and oxygen atoms in total. The molecule has 0 radical (unpaired) electrons. The first-order valence-corrected chi connectivity index (χ1v) is 9.14. The van der Waals surface area contributed by atoms with Crippen LogP contribution in [0.1, 0.15) is 5.56 Å². The maximum absolute atomic E-state index is 12.7. The van der Waals surface area contributed by atoms with Crippen molar-refractivity contribution in [3.63, 3.8) is 0 Å². The van der Waals surface area contributed by atoms with Gasteiger partial charge in [-0.15, -0.1) is 0 Å². The summed E-state index contributed by atoms with van der Waals surface area (Å²) < 4.78 is 26.1. The molecule has 0 aromatic heterocycles. The van der Waals surface area contributed by atoms with E-state index >= 15 is 0 Å². The highest BCUT2D eigenvalue weighted by Gasteiger charge is 2.33. The number of non-ortho nitro benzene ring substituents is 1. The van der Waals surface area contributed by atoms with Gasteiger partial charge in [0, 0.05) is 24.2 Å². The van der Waals surface area contributed by atoms with Crippen LogP contribution in [0.25, 0.3) is 0 Å². The van der Waals surface area contributed by atoms with Crippen molar-refractivity contribution in [1.82, 2.24) is 4.31 Å². The number of likely N-dealkylation sites (N-methyl/N-ethyl adjacent to an activating group) is 1. The highest BCUT2D eigenvalue weighted by Crippen LogP contribution is 2.22. The van der Waals surface area contributed by atoms with Crippen molar-refractivity contribution in [3.8, 4) is 0 Å². The Morgan fingerprint density at radius 1 is 1.27 bits per heavy atom. The summed E-state index contributed by atoms with van der Waals surface area (Å²) >= 11 is 5.74. The van der Waals surface area contributed by atoms with Gasteiger partial charge < -0.3 is 5.11 Å². The number of carboxylic acids is 1. The normalized spacial score (nSPS) is 12.7. The number of carbonyl (C=O) groups is 1. The van der Waals surface area contributed by atoms with Crippen molar-refractivity contribution < 1.29 is 23.2 Å². The molecule has 0 aliphatic heterocycles. The topological polar surface area (TPSA) is 118 Å². The molecule has 2 rings (SSSR count). The molecule has 1 N–H and O–H groups in total. The van der Waals surface area contributed by atoms with Gasteiger partial charge in [0.2, 0.25) is 10.0 Å². The third-order valence-electron chi connectivity index (χ3n) is 3.77. The van der Waals surface area contributed by atoms with Crippen LogP contribution in [-0.2, 0) is 21.2 Å². The van der Waals surface area contributed by atoms with Gasteiger partial charge in [0.15, 0.2) is 0 Å². The molecule has 0 bridgehead atoms. The second-order valence-electron chi connectivity index (χ2n) is 5.46. The first kappa shape index (κ1) is 19.8. The van der Waals surface area contributed by atoms with Gasteiger partial charge >= 0.3 is 5.97 Å². The smallest absolute Gasteiger partial charge is 0.322 e. The SMILES string of the molecule is CN(C(Cc1cccc([N+](=O)[O-])c1)C(=O)O)S(=O)(=O)c1ccc(Cl)cc1. The number of nitro groups is 1. The van der Waals surface area contributed by atoms with E-state index < -0.39 is 27.0 Å². The van der Waals surface area contributed by atoms with Crippen LogP contribution in [0.3, 0.4) is 0 Å². The Hall–Kier alpha value is -2.49. The van der Waals surface area contributed by atoms with Crippen molar-refractivity contribution in [2.75, 3.05) is 7.05 Å². The predicted molar refractivity (Wildman–Crippen MR) is 94.6 cm³/mol. The lowest BCUT2D eigenvalue weighted by molar-refractivity contribution is -0.384. The van der Waals surface area contributed by atoms with E-state index in [1.54, 1.807) is 0 Å². The lowest BCUT2D eigenvalue weighted by atomic mass is 10.1. The number of hydrogen-bond acceptors (Lipinski definition) is 5. The Balaban J connectivity index is 2.34. The monoisotopic (exact) mass is 398 g/mol. The number of nitro benzene ring substituents is 1. The maximum atomic E-state index is 12.7. The highest BCUT2D eigenvalue weighted by atomic mass is 35.5. The minimum Gasteiger partial charge on any atom is -0.480 e. The van der Waals surface area contributed by atoms with E-state index in [-0.39, 0.29) is 17.0 Å². The summed E-state index contributed by atoms with van der Waals surface area (Å²) in [7, 11) is -2.93. The Morgan fingerprint density at radius 3 is 2.42 bits per heavy atom. The largest absolute Gasteiger partial charge is 0.480 e. The number of aliphatic carboxylic acids is 1. The summed E-state index contributed by atoms with van der Waals surface area (Å²) in [4.78, 5) is 21.8. The number of rotatable bonds is 7. The number of benzene rings is 2. The second-order valence-corrected chi connectivity index (χ2v) is 7.89. The fourth-order valence-electron chi connectivity index (χ4n) is 2.33. The summed E-state index contributed by atoms with van der Waals surface area (Å²) in [6, 6.07) is 9.31. The zero-order chi connectivity index (χ0) is 19.5. The molecule has 10 heteroatoms. The molecule has 138 valence electrons. The molecule has 0 fully saturated rings. The molecule has 0 aliphatic carbocycles. The van der Waals surface area contributed by atoms with Gasteiger partial charge in [-0.25, -0.2) is 8.42 Å². The quantitative estimate of drug-likeness (QED) is 0.565. The zero-order valence-electron chi connectivity index (χ0n) is 13.6. The molecule has 26 heavy (non-hydrogen) atoms. The summed E-state index contributed by atoms with van der Waals surface area (Å²) in [6.45, 7) is 0. The van der Waals surface area contributed by atoms with Crippen molar-refractivity contribution in [2.45, 2.75) is 17.4 Å². The highest BCUT2D eigenvalue weighted by molar-refractivity contribution is 7.89. The van der Waals surface area contributed by atoms with Crippen molar-refractivity contribution in [1.29, 1.82) is 0 Å². The molecule has 2 aromatic carbocycles. The lowest BCUT2D eigenvalue weighted by Gasteiger charge is -2.24. The van der Waals surface area contributed by atoms with Crippen LogP contribution in [0, 0.1) is 10.1 Å². The Morgan fingerprint density at radius 2 is 1.88 bits per heavy atom. The fourth-order valence-corrected chi connectivity index (χ4v) is 3.77. The van der Waals surface area contributed by atoms with Gasteiger partial charge in [-0.05, 0) is 36.2 Å². The van der Waals surface area contributed by atoms with Crippen molar-refractivity contribution >= 4 is 33.3 Å². The summed E-state index contributed by atoms with van der Waals surface area (Å²) in [5.41, 5.74) is 0.139. The number of nitrogens with zero attached hydrogens (tertiary/aromatic N) is 2. The second kappa shape index (κ2) is 7.81. The molecule has 0 saturated carbocycles. The molecule has 2 aromatic rings. The van der Waals surface area contributed by atoms with E-state index in [2.05, 4.69) is 0 Å². The molecular weight excluding hydrogens is 384 g/mol. The van der Waals surface area contributed by atoms with Crippen LogP contribution < -0.4 is 0 Å². The molecule has 0 aliphatic rings. The molecule has 1 atom stereocenters. The van der Waals surface area contributed by atoms with E-state index in [1.165, 1.54) is 48.5 Å².